The molecule has 162 valence electrons. The summed E-state index contributed by atoms with van der Waals surface area (Å²) in [5, 5.41) is 14.2. The zero-order valence-electron chi connectivity index (χ0n) is 17.6. The summed E-state index contributed by atoms with van der Waals surface area (Å²) in [7, 11) is 1.68. The Bertz CT molecular complexity index is 968. The van der Waals surface area contributed by atoms with E-state index in [2.05, 4.69) is 42.8 Å². The smallest absolute Gasteiger partial charge is 0.253 e. The molecular weight excluding hydrogens is 394 g/mol. The second-order valence-corrected chi connectivity index (χ2v) is 7.41. The molecule has 0 bridgehead atoms. The van der Waals surface area contributed by atoms with Crippen LogP contribution < -0.4 is 15.0 Å². The molecule has 0 unspecified atom stereocenters. The zero-order valence-corrected chi connectivity index (χ0v) is 17.6. The average molecular weight is 422 g/mol. The van der Waals surface area contributed by atoms with Gasteiger partial charge in [-0.15, -0.1) is 5.10 Å². The maximum Gasteiger partial charge on any atom is 0.253 e. The van der Waals surface area contributed by atoms with E-state index in [-0.39, 0.29) is 5.91 Å². The molecule has 1 aliphatic heterocycles. The Balaban J connectivity index is 1.20. The number of nitrogens with one attached hydrogen (secondary N) is 1. The van der Waals surface area contributed by atoms with Gasteiger partial charge in [0.25, 0.3) is 5.91 Å². The van der Waals surface area contributed by atoms with Gasteiger partial charge in [-0.05, 0) is 59.8 Å². The molecular formula is C22H27N7O2. The summed E-state index contributed by atoms with van der Waals surface area (Å²) < 4.78 is 6.73. The summed E-state index contributed by atoms with van der Waals surface area (Å²) in [5.41, 5.74) is 2.46. The lowest BCUT2D eigenvalue weighted by molar-refractivity contribution is 0.0951. The second-order valence-electron chi connectivity index (χ2n) is 7.41. The number of para-hydroxylation sites is 1. The van der Waals surface area contributed by atoms with Crippen LogP contribution in [0.1, 0.15) is 16.8 Å². The van der Waals surface area contributed by atoms with E-state index in [1.807, 2.05) is 30.3 Å². The number of methoxy groups -OCH3 is 1. The van der Waals surface area contributed by atoms with Crippen LogP contribution in [-0.4, -0.2) is 77.4 Å². The minimum Gasteiger partial charge on any atom is -0.497 e. The lowest BCUT2D eigenvalue weighted by Crippen LogP contribution is -2.47. The molecule has 0 spiro atoms. The van der Waals surface area contributed by atoms with Crippen LogP contribution in [0, 0.1) is 0 Å². The van der Waals surface area contributed by atoms with E-state index >= 15 is 0 Å². The first-order chi connectivity index (χ1) is 15.2. The average Bonchev–Trinajstić information content (AvgIpc) is 3.37. The Labute approximate surface area is 181 Å². The van der Waals surface area contributed by atoms with Crippen molar-refractivity contribution in [3.05, 3.63) is 60.4 Å². The normalized spacial score (nSPS) is 14.4. The molecule has 2 aromatic carbocycles. The van der Waals surface area contributed by atoms with Crippen molar-refractivity contribution < 1.29 is 9.53 Å². The van der Waals surface area contributed by atoms with E-state index in [1.54, 1.807) is 13.2 Å². The van der Waals surface area contributed by atoms with Gasteiger partial charge >= 0.3 is 0 Å². The first-order valence-corrected chi connectivity index (χ1v) is 10.5. The van der Waals surface area contributed by atoms with Gasteiger partial charge in [-0.1, -0.05) is 12.1 Å². The van der Waals surface area contributed by atoms with Crippen LogP contribution in [0.5, 0.6) is 5.75 Å². The van der Waals surface area contributed by atoms with Crippen molar-refractivity contribution in [1.82, 2.24) is 30.4 Å². The summed E-state index contributed by atoms with van der Waals surface area (Å²) in [6, 6.07) is 15.5. The molecule has 1 amide bonds. The minimum absolute atomic E-state index is 0.115. The molecule has 9 heteroatoms. The van der Waals surface area contributed by atoms with Crippen LogP contribution in [0.3, 0.4) is 0 Å². The molecule has 1 saturated heterocycles. The number of piperazine rings is 1. The molecule has 3 aromatic rings. The number of nitrogens with zero attached hydrogens (tertiary/aromatic N) is 6. The fraction of sp³-hybridized carbons (Fsp3) is 0.364. The van der Waals surface area contributed by atoms with E-state index in [0.29, 0.717) is 17.8 Å². The lowest BCUT2D eigenvalue weighted by atomic mass is 10.1. The van der Waals surface area contributed by atoms with Gasteiger partial charge in [-0.25, -0.2) is 0 Å². The fourth-order valence-electron chi connectivity index (χ4n) is 3.76. The zero-order chi connectivity index (χ0) is 21.5. The highest BCUT2D eigenvalue weighted by Gasteiger charge is 2.17. The Morgan fingerprint density at radius 2 is 1.84 bits per heavy atom. The van der Waals surface area contributed by atoms with Crippen LogP contribution in [0.15, 0.2) is 54.9 Å². The third-order valence-electron chi connectivity index (χ3n) is 5.49. The molecule has 9 nitrogen and oxygen atoms in total. The van der Waals surface area contributed by atoms with E-state index in [4.69, 9.17) is 4.74 Å². The van der Waals surface area contributed by atoms with E-state index in [1.165, 1.54) is 16.7 Å². The predicted molar refractivity (Wildman–Crippen MR) is 118 cm³/mol. The number of carbonyl (C=O) groups is 1. The summed E-state index contributed by atoms with van der Waals surface area (Å²) >= 11 is 0. The number of ether oxygens (including phenoxy) is 1. The van der Waals surface area contributed by atoms with E-state index in [9.17, 15) is 4.79 Å². The first kappa shape index (κ1) is 20.8. The van der Waals surface area contributed by atoms with Crippen LogP contribution >= 0.6 is 0 Å². The number of benzene rings is 2. The summed E-state index contributed by atoms with van der Waals surface area (Å²) in [5.74, 6) is 0.764. The number of amides is 1. The molecule has 1 aliphatic rings. The van der Waals surface area contributed by atoms with Gasteiger partial charge in [0, 0.05) is 38.4 Å². The fourth-order valence-corrected chi connectivity index (χ4v) is 3.76. The molecule has 0 saturated carbocycles. The largest absolute Gasteiger partial charge is 0.497 e. The van der Waals surface area contributed by atoms with E-state index < -0.39 is 0 Å². The van der Waals surface area contributed by atoms with Crippen molar-refractivity contribution in [3.63, 3.8) is 0 Å². The molecule has 0 atom stereocenters. The molecule has 1 fully saturated rings. The number of rotatable bonds is 8. The molecule has 31 heavy (non-hydrogen) atoms. The summed E-state index contributed by atoms with van der Waals surface area (Å²) in [6.45, 7) is 5.62. The molecule has 2 heterocycles. The summed E-state index contributed by atoms with van der Waals surface area (Å²) in [6.07, 6.45) is 2.39. The van der Waals surface area contributed by atoms with Crippen molar-refractivity contribution >= 4 is 11.6 Å². The SMILES string of the molecule is COc1ccc(N2CCN(CCCNC(=O)c3ccccc3-n3cnnn3)CC2)cc1. The highest BCUT2D eigenvalue weighted by atomic mass is 16.5. The molecule has 4 rings (SSSR count). The van der Waals surface area contributed by atoms with Gasteiger partial charge < -0.3 is 15.0 Å². The maximum atomic E-state index is 12.6. The Kier molecular flexibility index (Phi) is 6.73. The van der Waals surface area contributed by atoms with Gasteiger partial charge in [0.2, 0.25) is 0 Å². The van der Waals surface area contributed by atoms with Crippen molar-refractivity contribution in [2.45, 2.75) is 6.42 Å². The highest BCUT2D eigenvalue weighted by molar-refractivity contribution is 5.97. The number of hydrogen-bond donors (Lipinski definition) is 1. The number of anilines is 1. The lowest BCUT2D eigenvalue weighted by Gasteiger charge is -2.36. The Morgan fingerprint density at radius 3 is 2.55 bits per heavy atom. The number of tetrazole rings is 1. The Morgan fingerprint density at radius 1 is 1.06 bits per heavy atom. The van der Waals surface area contributed by atoms with Crippen LogP contribution in [0.2, 0.25) is 0 Å². The van der Waals surface area contributed by atoms with Gasteiger partial charge in [-0.3, -0.25) is 9.69 Å². The molecule has 1 aromatic heterocycles. The van der Waals surface area contributed by atoms with Gasteiger partial charge in [0.15, 0.2) is 0 Å². The predicted octanol–water partition coefficient (Wildman–Crippen LogP) is 1.61. The topological polar surface area (TPSA) is 88.4 Å². The third kappa shape index (κ3) is 5.18. The van der Waals surface area contributed by atoms with Gasteiger partial charge in [-0.2, -0.15) is 4.68 Å². The molecule has 0 radical (unpaired) electrons. The monoisotopic (exact) mass is 421 g/mol. The van der Waals surface area contributed by atoms with E-state index in [0.717, 1.165) is 44.9 Å². The second kappa shape index (κ2) is 10.0. The van der Waals surface area contributed by atoms with Crippen molar-refractivity contribution in [2.24, 2.45) is 0 Å². The molecule has 0 aliphatic carbocycles. The number of carbonyl (C=O) groups excluding carboxylic acids is 1. The quantitative estimate of drug-likeness (QED) is 0.553. The van der Waals surface area contributed by atoms with Gasteiger partial charge in [0.05, 0.1) is 18.4 Å². The van der Waals surface area contributed by atoms with Crippen LogP contribution in [0.4, 0.5) is 5.69 Å². The molecule has 1 N–H and O–H groups in total. The van der Waals surface area contributed by atoms with Crippen LogP contribution in [0.25, 0.3) is 5.69 Å². The van der Waals surface area contributed by atoms with Crippen molar-refractivity contribution in [2.75, 3.05) is 51.3 Å². The number of hydrogen-bond acceptors (Lipinski definition) is 7. The third-order valence-corrected chi connectivity index (χ3v) is 5.49. The van der Waals surface area contributed by atoms with Crippen molar-refractivity contribution in [3.8, 4) is 11.4 Å². The standard InChI is InChI=1S/C22H27N7O2/c1-31-19-9-7-18(8-10-19)28-15-13-27(14-16-28)12-4-11-23-22(30)20-5-2-3-6-21(20)29-17-24-25-26-29/h2-3,5-10,17H,4,11-16H2,1H3,(H,23,30). The van der Waals surface area contributed by atoms with Crippen molar-refractivity contribution in [1.29, 1.82) is 0 Å². The minimum atomic E-state index is -0.115. The highest BCUT2D eigenvalue weighted by Crippen LogP contribution is 2.20. The van der Waals surface area contributed by atoms with Gasteiger partial charge in [0.1, 0.15) is 12.1 Å². The van der Waals surface area contributed by atoms with Crippen LogP contribution in [-0.2, 0) is 0 Å². The summed E-state index contributed by atoms with van der Waals surface area (Å²) in [4.78, 5) is 17.5. The Hall–Kier alpha value is -3.46. The number of aromatic nitrogens is 4. The first-order valence-electron chi connectivity index (χ1n) is 10.5. The maximum absolute atomic E-state index is 12.6.